The number of benzene rings is 1. The van der Waals surface area contributed by atoms with E-state index in [2.05, 4.69) is 26.2 Å². The predicted molar refractivity (Wildman–Crippen MR) is 76.2 cm³/mol. The molecule has 102 valence electrons. The molecule has 0 saturated heterocycles. The summed E-state index contributed by atoms with van der Waals surface area (Å²) < 4.78 is 21.1. The van der Waals surface area contributed by atoms with E-state index in [1.807, 2.05) is 17.7 Å². The van der Waals surface area contributed by atoms with Gasteiger partial charge in [-0.1, -0.05) is 0 Å². The summed E-state index contributed by atoms with van der Waals surface area (Å²) in [5.41, 5.74) is 0.636. The number of methoxy groups -OCH3 is 1. The maximum atomic E-state index is 13.2. The van der Waals surface area contributed by atoms with Crippen LogP contribution in [0, 0.1) is 5.82 Å². The molecule has 6 heteroatoms. The van der Waals surface area contributed by atoms with Gasteiger partial charge in [0.25, 0.3) is 0 Å². The third-order valence-corrected chi connectivity index (χ3v) is 3.42. The summed E-state index contributed by atoms with van der Waals surface area (Å²) in [6.45, 7) is 2.60. The first-order chi connectivity index (χ1) is 9.11. The summed E-state index contributed by atoms with van der Waals surface area (Å²) in [6, 6.07) is 4.62. The smallest absolute Gasteiger partial charge is 0.207 e. The first-order valence-electron chi connectivity index (χ1n) is 5.85. The van der Waals surface area contributed by atoms with E-state index >= 15 is 0 Å². The second-order valence-corrected chi connectivity index (χ2v) is 5.07. The van der Waals surface area contributed by atoms with Gasteiger partial charge >= 0.3 is 0 Å². The van der Waals surface area contributed by atoms with E-state index in [1.165, 1.54) is 12.1 Å². The fraction of sp³-hybridized carbons (Fsp3) is 0.308. The van der Waals surface area contributed by atoms with Crippen molar-refractivity contribution in [2.45, 2.75) is 13.0 Å². The lowest BCUT2D eigenvalue weighted by atomic mass is 10.3. The Labute approximate surface area is 119 Å². The molecule has 1 atom stereocenters. The highest BCUT2D eigenvalue weighted by Crippen LogP contribution is 2.27. The number of nitrogens with zero attached hydrogens (tertiary/aromatic N) is 2. The van der Waals surface area contributed by atoms with Crippen molar-refractivity contribution in [1.82, 2.24) is 9.55 Å². The third kappa shape index (κ3) is 3.33. The Morgan fingerprint density at radius 1 is 1.53 bits per heavy atom. The molecule has 2 rings (SSSR count). The van der Waals surface area contributed by atoms with Crippen molar-refractivity contribution in [1.29, 1.82) is 0 Å². The van der Waals surface area contributed by atoms with E-state index in [-0.39, 0.29) is 11.9 Å². The van der Waals surface area contributed by atoms with Crippen molar-refractivity contribution >= 4 is 27.6 Å². The summed E-state index contributed by atoms with van der Waals surface area (Å²) in [4.78, 5) is 4.24. The topological polar surface area (TPSA) is 39.1 Å². The number of hydrogen-bond donors (Lipinski definition) is 1. The second kappa shape index (κ2) is 6.16. The van der Waals surface area contributed by atoms with Crippen LogP contribution in [0.3, 0.4) is 0 Å². The molecule has 1 aromatic carbocycles. The van der Waals surface area contributed by atoms with E-state index in [9.17, 15) is 4.39 Å². The van der Waals surface area contributed by atoms with Crippen molar-refractivity contribution in [2.75, 3.05) is 19.0 Å². The van der Waals surface area contributed by atoms with Crippen LogP contribution in [0.4, 0.5) is 16.0 Å². The van der Waals surface area contributed by atoms with Crippen LogP contribution >= 0.6 is 15.9 Å². The molecule has 0 amide bonds. The number of imidazole rings is 1. The molecule has 1 aromatic heterocycles. The lowest BCUT2D eigenvalue weighted by molar-refractivity contribution is 0.163. The van der Waals surface area contributed by atoms with Crippen molar-refractivity contribution in [3.8, 4) is 0 Å². The molecule has 19 heavy (non-hydrogen) atoms. The van der Waals surface area contributed by atoms with Gasteiger partial charge in [-0.05, 0) is 41.1 Å². The number of rotatable bonds is 5. The zero-order chi connectivity index (χ0) is 13.8. The lowest BCUT2D eigenvalue weighted by Gasteiger charge is -2.16. The minimum Gasteiger partial charge on any atom is -0.383 e. The maximum Gasteiger partial charge on any atom is 0.207 e. The molecule has 0 aliphatic rings. The van der Waals surface area contributed by atoms with E-state index in [1.54, 1.807) is 19.4 Å². The largest absolute Gasteiger partial charge is 0.383 e. The van der Waals surface area contributed by atoms with Crippen LogP contribution in [-0.4, -0.2) is 23.3 Å². The Bertz CT molecular complexity index is 559. The average molecular weight is 328 g/mol. The van der Waals surface area contributed by atoms with Crippen LogP contribution in [0.2, 0.25) is 0 Å². The lowest BCUT2D eigenvalue weighted by Crippen LogP contribution is -2.13. The molecular weight excluding hydrogens is 313 g/mol. The standard InChI is InChI=1S/C13H15BrFN3O/c1-9(8-19-2)18-6-5-16-13(18)17-12-7-10(15)3-4-11(12)14/h3-7,9H,8H2,1-2H3,(H,16,17). The Hall–Kier alpha value is -1.40. The molecular formula is C13H15BrFN3O. The van der Waals surface area contributed by atoms with E-state index in [0.717, 1.165) is 4.47 Å². The molecule has 0 fully saturated rings. The normalized spacial score (nSPS) is 12.4. The molecule has 1 unspecified atom stereocenters. The summed E-state index contributed by atoms with van der Waals surface area (Å²) in [5, 5.41) is 3.11. The SMILES string of the molecule is COCC(C)n1ccnc1Nc1cc(F)ccc1Br. The van der Waals surface area contributed by atoms with E-state index < -0.39 is 0 Å². The van der Waals surface area contributed by atoms with Gasteiger partial charge in [0.15, 0.2) is 0 Å². The van der Waals surface area contributed by atoms with Crippen LogP contribution in [0.1, 0.15) is 13.0 Å². The van der Waals surface area contributed by atoms with Gasteiger partial charge < -0.3 is 14.6 Å². The Morgan fingerprint density at radius 2 is 2.32 bits per heavy atom. The number of halogens is 2. The molecule has 2 aromatic rings. The molecule has 0 aliphatic heterocycles. The summed E-state index contributed by atoms with van der Waals surface area (Å²) in [5.74, 6) is 0.351. The van der Waals surface area contributed by atoms with Crippen molar-refractivity contribution in [3.63, 3.8) is 0 Å². The number of anilines is 2. The van der Waals surface area contributed by atoms with Gasteiger partial charge in [-0.15, -0.1) is 0 Å². The Kier molecular flexibility index (Phi) is 4.55. The molecule has 0 bridgehead atoms. The second-order valence-electron chi connectivity index (χ2n) is 4.21. The van der Waals surface area contributed by atoms with Gasteiger partial charge in [-0.2, -0.15) is 0 Å². The number of hydrogen-bond acceptors (Lipinski definition) is 3. The first-order valence-corrected chi connectivity index (χ1v) is 6.65. The molecule has 0 aliphatic carbocycles. The van der Waals surface area contributed by atoms with Crippen LogP contribution in [0.15, 0.2) is 35.1 Å². The van der Waals surface area contributed by atoms with Gasteiger partial charge in [-0.25, -0.2) is 9.37 Å². The zero-order valence-corrected chi connectivity index (χ0v) is 12.3. The third-order valence-electron chi connectivity index (χ3n) is 2.73. The van der Waals surface area contributed by atoms with E-state index in [0.29, 0.717) is 18.2 Å². The number of aromatic nitrogens is 2. The molecule has 0 spiro atoms. The Morgan fingerprint density at radius 3 is 3.05 bits per heavy atom. The van der Waals surface area contributed by atoms with Crippen LogP contribution in [-0.2, 0) is 4.74 Å². The monoisotopic (exact) mass is 327 g/mol. The van der Waals surface area contributed by atoms with Crippen molar-refractivity contribution < 1.29 is 9.13 Å². The summed E-state index contributed by atoms with van der Waals surface area (Å²) >= 11 is 3.38. The van der Waals surface area contributed by atoms with Gasteiger partial charge in [-0.3, -0.25) is 0 Å². The quantitative estimate of drug-likeness (QED) is 0.909. The molecule has 1 heterocycles. The highest BCUT2D eigenvalue weighted by atomic mass is 79.9. The fourth-order valence-electron chi connectivity index (χ4n) is 1.80. The molecule has 4 nitrogen and oxygen atoms in total. The van der Waals surface area contributed by atoms with Crippen LogP contribution in [0.5, 0.6) is 0 Å². The zero-order valence-electron chi connectivity index (χ0n) is 10.7. The minimum atomic E-state index is -0.297. The fourth-order valence-corrected chi connectivity index (χ4v) is 2.15. The van der Waals surface area contributed by atoms with Crippen LogP contribution in [0.25, 0.3) is 0 Å². The van der Waals surface area contributed by atoms with Gasteiger partial charge in [0.05, 0.1) is 18.3 Å². The number of ether oxygens (including phenoxy) is 1. The van der Waals surface area contributed by atoms with Crippen molar-refractivity contribution in [3.05, 3.63) is 40.9 Å². The highest BCUT2D eigenvalue weighted by molar-refractivity contribution is 9.10. The van der Waals surface area contributed by atoms with Gasteiger partial charge in [0.2, 0.25) is 5.95 Å². The summed E-state index contributed by atoms with van der Waals surface area (Å²) in [7, 11) is 1.66. The van der Waals surface area contributed by atoms with Gasteiger partial charge in [0.1, 0.15) is 5.82 Å². The predicted octanol–water partition coefficient (Wildman–Crippen LogP) is 3.74. The Balaban J connectivity index is 2.24. The molecule has 0 saturated carbocycles. The summed E-state index contributed by atoms with van der Waals surface area (Å²) in [6.07, 6.45) is 3.56. The minimum absolute atomic E-state index is 0.141. The first kappa shape index (κ1) is 14.0. The van der Waals surface area contributed by atoms with Gasteiger partial charge in [0, 0.05) is 24.0 Å². The molecule has 1 N–H and O–H groups in total. The van der Waals surface area contributed by atoms with E-state index in [4.69, 9.17) is 4.74 Å². The highest BCUT2D eigenvalue weighted by Gasteiger charge is 2.11. The average Bonchev–Trinajstić information content (AvgIpc) is 2.82. The van der Waals surface area contributed by atoms with Crippen molar-refractivity contribution in [2.24, 2.45) is 0 Å². The molecule has 0 radical (unpaired) electrons. The van der Waals surface area contributed by atoms with Crippen LogP contribution < -0.4 is 5.32 Å². The maximum absolute atomic E-state index is 13.2. The number of nitrogens with one attached hydrogen (secondary N) is 1.